The maximum absolute atomic E-state index is 6.84. The summed E-state index contributed by atoms with van der Waals surface area (Å²) in [4.78, 5) is 4.66. The third-order valence-corrected chi connectivity index (χ3v) is 11.5. The molecule has 0 saturated carbocycles. The van der Waals surface area contributed by atoms with Gasteiger partial charge in [-0.2, -0.15) is 0 Å². The first-order chi connectivity index (χ1) is 28.3. The lowest BCUT2D eigenvalue weighted by atomic mass is 10.0. The van der Waals surface area contributed by atoms with E-state index in [1.807, 2.05) is 0 Å². The molecule has 278 valence electrons. The number of furan rings is 2. The Bertz CT molecular complexity index is 3330. The van der Waals surface area contributed by atoms with Crippen molar-refractivity contribution in [3.8, 4) is 0 Å². The number of fused-ring (bicyclic) bond motifs is 9. The first-order valence-corrected chi connectivity index (χ1v) is 19.9. The Morgan fingerprint density at radius 2 is 0.741 bits per heavy atom. The molecular formula is C54H40N2O2. The van der Waals surface area contributed by atoms with Gasteiger partial charge in [0.25, 0.3) is 0 Å². The molecule has 0 atom stereocenters. The number of nitrogens with zero attached hydrogens (tertiary/aromatic N) is 2. The van der Waals surface area contributed by atoms with E-state index in [-0.39, 0.29) is 0 Å². The van der Waals surface area contributed by atoms with Crippen molar-refractivity contribution in [1.82, 2.24) is 0 Å². The predicted octanol–water partition coefficient (Wildman–Crippen LogP) is 16.0. The summed E-state index contributed by atoms with van der Waals surface area (Å²) in [5.74, 6) is 0. The summed E-state index contributed by atoms with van der Waals surface area (Å²) < 4.78 is 13.4. The van der Waals surface area contributed by atoms with Crippen LogP contribution in [-0.4, -0.2) is 0 Å². The summed E-state index contributed by atoms with van der Waals surface area (Å²) in [6, 6.07) is 61.3. The summed E-state index contributed by atoms with van der Waals surface area (Å²) in [5, 5.41) is 8.77. The summed E-state index contributed by atoms with van der Waals surface area (Å²) >= 11 is 0. The van der Waals surface area contributed by atoms with Gasteiger partial charge in [-0.3, -0.25) is 0 Å². The average Bonchev–Trinajstić information content (AvgIpc) is 3.76. The van der Waals surface area contributed by atoms with Crippen molar-refractivity contribution in [1.29, 1.82) is 0 Å². The Labute approximate surface area is 336 Å². The van der Waals surface area contributed by atoms with Crippen LogP contribution in [-0.2, 0) is 0 Å². The van der Waals surface area contributed by atoms with Gasteiger partial charge in [-0.1, -0.05) is 60.7 Å². The molecule has 11 rings (SSSR count). The quantitative estimate of drug-likeness (QED) is 0.170. The SMILES string of the molecule is Cc1cccc(N(c2cccc(C)c2)c2ccc3cc4c(cc3c2)oc2c4ccc3oc4cc5cc(N(c6cccc(C)c6)c6cccc(C)c6)ccc5cc4c32)c1. The van der Waals surface area contributed by atoms with Crippen LogP contribution in [0.5, 0.6) is 0 Å². The van der Waals surface area contributed by atoms with Crippen molar-refractivity contribution in [3.63, 3.8) is 0 Å². The molecule has 0 saturated heterocycles. The number of rotatable bonds is 6. The number of anilines is 6. The Hall–Kier alpha value is -7.30. The minimum atomic E-state index is 0.817. The van der Waals surface area contributed by atoms with Crippen LogP contribution in [0.1, 0.15) is 22.3 Å². The smallest absolute Gasteiger partial charge is 0.147 e. The van der Waals surface area contributed by atoms with Gasteiger partial charge < -0.3 is 18.6 Å². The second-order valence-corrected chi connectivity index (χ2v) is 15.8. The molecule has 0 N–H and O–H groups in total. The number of hydrogen-bond acceptors (Lipinski definition) is 4. The molecule has 0 amide bonds. The van der Waals surface area contributed by atoms with E-state index < -0.39 is 0 Å². The van der Waals surface area contributed by atoms with Crippen LogP contribution >= 0.6 is 0 Å². The fourth-order valence-corrected chi connectivity index (χ4v) is 8.80. The molecule has 0 aliphatic rings. The minimum Gasteiger partial charge on any atom is -0.456 e. The number of hydrogen-bond donors (Lipinski definition) is 0. The number of benzene rings is 9. The lowest BCUT2D eigenvalue weighted by molar-refractivity contribution is 0.663. The molecule has 4 heteroatoms. The Kier molecular flexibility index (Phi) is 7.70. The molecule has 0 aliphatic heterocycles. The zero-order valence-corrected chi connectivity index (χ0v) is 32.9. The van der Waals surface area contributed by atoms with E-state index in [0.29, 0.717) is 0 Å². The van der Waals surface area contributed by atoms with Gasteiger partial charge in [0.05, 0.1) is 5.39 Å². The third kappa shape index (κ3) is 5.68. The van der Waals surface area contributed by atoms with Crippen LogP contribution < -0.4 is 9.80 Å². The standard InChI is InChI=1S/C54H40N2O2/c1-33-9-5-13-41(23-33)55(42-14-6-10-34(2)24-42)45-19-17-37-29-48-47-21-22-50-53(54(47)58-51(48)31-39(37)27-45)49-30-38-18-20-46(28-40(38)32-52(49)57-50)56(43-15-7-11-35(3)25-43)44-16-8-12-36(4)26-44/h5-32H,1-4H3. The van der Waals surface area contributed by atoms with E-state index in [2.05, 4.69) is 207 Å². The molecule has 2 heterocycles. The second-order valence-electron chi connectivity index (χ2n) is 15.8. The fourth-order valence-electron chi connectivity index (χ4n) is 8.80. The third-order valence-electron chi connectivity index (χ3n) is 11.5. The molecule has 9 aromatic carbocycles. The topological polar surface area (TPSA) is 32.8 Å². The summed E-state index contributed by atoms with van der Waals surface area (Å²) in [6.45, 7) is 8.56. The highest BCUT2D eigenvalue weighted by molar-refractivity contribution is 6.24. The molecule has 0 unspecified atom stereocenters. The van der Waals surface area contributed by atoms with E-state index in [9.17, 15) is 0 Å². The van der Waals surface area contributed by atoms with Crippen LogP contribution in [0.25, 0.3) is 65.4 Å². The highest BCUT2D eigenvalue weighted by atomic mass is 16.3. The monoisotopic (exact) mass is 748 g/mol. The first-order valence-electron chi connectivity index (χ1n) is 19.9. The molecule has 0 radical (unpaired) electrons. The first kappa shape index (κ1) is 34.0. The van der Waals surface area contributed by atoms with Crippen molar-refractivity contribution in [3.05, 3.63) is 192 Å². The van der Waals surface area contributed by atoms with E-state index in [4.69, 9.17) is 8.83 Å². The van der Waals surface area contributed by atoms with Crippen LogP contribution in [0.4, 0.5) is 34.1 Å². The van der Waals surface area contributed by atoms with Gasteiger partial charge >= 0.3 is 0 Å². The molecule has 11 aromatic rings. The zero-order valence-electron chi connectivity index (χ0n) is 32.9. The molecule has 0 fully saturated rings. The summed E-state index contributed by atoms with van der Waals surface area (Å²) in [6.07, 6.45) is 0. The normalized spacial score (nSPS) is 11.8. The Balaban J connectivity index is 1.04. The van der Waals surface area contributed by atoms with Gasteiger partial charge in [0.15, 0.2) is 0 Å². The number of aryl methyl sites for hydroxylation is 4. The Morgan fingerprint density at radius 3 is 1.21 bits per heavy atom. The fraction of sp³-hybridized carbons (Fsp3) is 0.0741. The molecule has 4 nitrogen and oxygen atoms in total. The van der Waals surface area contributed by atoms with Gasteiger partial charge in [0.2, 0.25) is 0 Å². The maximum Gasteiger partial charge on any atom is 0.147 e. The van der Waals surface area contributed by atoms with Crippen molar-refractivity contribution in [2.45, 2.75) is 27.7 Å². The molecular weight excluding hydrogens is 709 g/mol. The average molecular weight is 749 g/mol. The largest absolute Gasteiger partial charge is 0.456 e. The minimum absolute atomic E-state index is 0.817. The second kappa shape index (κ2) is 13.1. The van der Waals surface area contributed by atoms with E-state index >= 15 is 0 Å². The lowest BCUT2D eigenvalue weighted by Crippen LogP contribution is -2.10. The van der Waals surface area contributed by atoms with Gasteiger partial charge in [-0.25, -0.2) is 0 Å². The van der Waals surface area contributed by atoms with Crippen LogP contribution in [0.15, 0.2) is 179 Å². The van der Waals surface area contributed by atoms with Gasteiger partial charge in [0.1, 0.15) is 22.3 Å². The van der Waals surface area contributed by atoms with E-state index in [0.717, 1.165) is 99.5 Å². The molecule has 0 bridgehead atoms. The maximum atomic E-state index is 6.84. The van der Waals surface area contributed by atoms with E-state index in [1.54, 1.807) is 0 Å². The lowest BCUT2D eigenvalue weighted by Gasteiger charge is -2.26. The van der Waals surface area contributed by atoms with Crippen LogP contribution in [0, 0.1) is 27.7 Å². The van der Waals surface area contributed by atoms with Gasteiger partial charge in [-0.05, 0) is 181 Å². The molecule has 0 aliphatic carbocycles. The highest BCUT2D eigenvalue weighted by Crippen LogP contribution is 2.44. The molecule has 0 spiro atoms. The van der Waals surface area contributed by atoms with Gasteiger partial charge in [-0.15, -0.1) is 0 Å². The van der Waals surface area contributed by atoms with Crippen molar-refractivity contribution < 1.29 is 8.83 Å². The molecule has 58 heavy (non-hydrogen) atoms. The highest BCUT2D eigenvalue weighted by Gasteiger charge is 2.20. The van der Waals surface area contributed by atoms with E-state index in [1.165, 1.54) is 22.3 Å². The summed E-state index contributed by atoms with van der Waals surface area (Å²) in [7, 11) is 0. The molecule has 2 aromatic heterocycles. The van der Waals surface area contributed by atoms with Crippen molar-refractivity contribution in [2.24, 2.45) is 0 Å². The summed E-state index contributed by atoms with van der Waals surface area (Å²) in [5.41, 5.74) is 14.9. The van der Waals surface area contributed by atoms with Crippen molar-refractivity contribution >= 4 is 99.5 Å². The van der Waals surface area contributed by atoms with Crippen molar-refractivity contribution in [2.75, 3.05) is 9.80 Å². The zero-order chi connectivity index (χ0) is 39.1. The Morgan fingerprint density at radius 1 is 0.310 bits per heavy atom. The van der Waals surface area contributed by atoms with Gasteiger partial charge in [0, 0.05) is 50.3 Å². The van der Waals surface area contributed by atoms with Crippen LogP contribution in [0.2, 0.25) is 0 Å². The predicted molar refractivity (Wildman–Crippen MR) is 244 cm³/mol. The van der Waals surface area contributed by atoms with Crippen LogP contribution in [0.3, 0.4) is 0 Å².